The van der Waals surface area contributed by atoms with E-state index < -0.39 is 28.1 Å². The van der Waals surface area contributed by atoms with Crippen molar-refractivity contribution >= 4 is 28.0 Å². The molecule has 1 aliphatic heterocycles. The van der Waals surface area contributed by atoms with E-state index >= 15 is 0 Å². The lowest BCUT2D eigenvalue weighted by Crippen LogP contribution is -2.51. The monoisotopic (exact) mass is 533 g/mol. The highest BCUT2D eigenvalue weighted by Crippen LogP contribution is 2.28. The Kier molecular flexibility index (Phi) is 9.48. The minimum absolute atomic E-state index is 0.0143. The van der Waals surface area contributed by atoms with Crippen molar-refractivity contribution < 1.29 is 37.4 Å². The van der Waals surface area contributed by atoms with Crippen LogP contribution in [0, 0.1) is 6.92 Å². The molecule has 2 amide bonds. The van der Waals surface area contributed by atoms with Gasteiger partial charge in [0, 0.05) is 32.6 Å². The largest absolute Gasteiger partial charge is 0.495 e. The SMILES string of the molecule is COc1ccc(C)cc1S(=O)(=O)N1CCN(C(=O)CC[C@H](NC(=O)OCc2ccccc2)C(=O)O)CC1. The number of nitrogens with zero attached hydrogens (tertiary/aromatic N) is 2. The average Bonchev–Trinajstić information content (AvgIpc) is 2.90. The number of aliphatic carboxylic acids is 1. The lowest BCUT2D eigenvalue weighted by atomic mass is 10.1. The van der Waals surface area contributed by atoms with Crippen LogP contribution in [-0.2, 0) is 31.0 Å². The summed E-state index contributed by atoms with van der Waals surface area (Å²) >= 11 is 0. The van der Waals surface area contributed by atoms with E-state index in [1.807, 2.05) is 6.07 Å². The van der Waals surface area contributed by atoms with E-state index in [4.69, 9.17) is 9.47 Å². The number of carbonyl (C=O) groups is 3. The zero-order valence-electron chi connectivity index (χ0n) is 20.8. The van der Waals surface area contributed by atoms with Gasteiger partial charge in [0.25, 0.3) is 0 Å². The molecule has 1 saturated heterocycles. The molecule has 2 N–H and O–H groups in total. The number of amides is 2. The summed E-state index contributed by atoms with van der Waals surface area (Å²) in [5, 5.41) is 11.7. The van der Waals surface area contributed by atoms with Gasteiger partial charge in [-0.3, -0.25) is 4.79 Å². The second-order valence-corrected chi connectivity index (χ2v) is 10.5. The fourth-order valence-electron chi connectivity index (χ4n) is 3.89. The maximum absolute atomic E-state index is 13.2. The molecular formula is C25H31N3O8S. The van der Waals surface area contributed by atoms with Gasteiger partial charge in [-0.25, -0.2) is 18.0 Å². The Morgan fingerprint density at radius 1 is 1.05 bits per heavy atom. The molecule has 0 aliphatic carbocycles. The lowest BCUT2D eigenvalue weighted by molar-refractivity contribution is -0.140. The van der Waals surface area contributed by atoms with Gasteiger partial charge in [-0.1, -0.05) is 36.4 Å². The fourth-order valence-corrected chi connectivity index (χ4v) is 5.56. The number of carbonyl (C=O) groups excluding carboxylic acids is 2. The molecule has 2 aromatic rings. The number of benzene rings is 2. The predicted molar refractivity (Wildman–Crippen MR) is 133 cm³/mol. The highest BCUT2D eigenvalue weighted by atomic mass is 32.2. The summed E-state index contributed by atoms with van der Waals surface area (Å²) < 4.78 is 37.9. The van der Waals surface area contributed by atoms with Crippen LogP contribution in [0.3, 0.4) is 0 Å². The van der Waals surface area contributed by atoms with Crippen molar-refractivity contribution in [3.63, 3.8) is 0 Å². The van der Waals surface area contributed by atoms with E-state index in [2.05, 4.69) is 5.32 Å². The van der Waals surface area contributed by atoms with E-state index in [0.29, 0.717) is 0 Å². The summed E-state index contributed by atoms with van der Waals surface area (Å²) in [7, 11) is -2.42. The molecule has 37 heavy (non-hydrogen) atoms. The second-order valence-electron chi connectivity index (χ2n) is 8.57. The van der Waals surface area contributed by atoms with Crippen molar-refractivity contribution in [2.45, 2.75) is 37.3 Å². The summed E-state index contributed by atoms with van der Waals surface area (Å²) in [5.74, 6) is -1.36. The van der Waals surface area contributed by atoms with Crippen LogP contribution in [-0.4, -0.2) is 80.0 Å². The molecule has 0 unspecified atom stereocenters. The van der Waals surface area contributed by atoms with E-state index in [0.717, 1.165) is 11.1 Å². The van der Waals surface area contributed by atoms with Crippen LogP contribution in [0.5, 0.6) is 5.75 Å². The molecule has 2 aromatic carbocycles. The number of sulfonamides is 1. The normalized spacial score (nSPS) is 15.0. The zero-order valence-corrected chi connectivity index (χ0v) is 21.6. The van der Waals surface area contributed by atoms with Crippen molar-refractivity contribution in [2.24, 2.45) is 0 Å². The number of alkyl carbamates (subject to hydrolysis) is 1. The summed E-state index contributed by atoms with van der Waals surface area (Å²) in [6.45, 7) is 2.29. The minimum Gasteiger partial charge on any atom is -0.495 e. The molecule has 0 saturated carbocycles. The number of ether oxygens (including phenoxy) is 2. The summed E-state index contributed by atoms with van der Waals surface area (Å²) in [6, 6.07) is 12.5. The highest BCUT2D eigenvalue weighted by molar-refractivity contribution is 7.89. The van der Waals surface area contributed by atoms with E-state index in [1.165, 1.54) is 16.3 Å². The van der Waals surface area contributed by atoms with Crippen LogP contribution >= 0.6 is 0 Å². The average molecular weight is 534 g/mol. The molecule has 1 fully saturated rings. The number of nitrogens with one attached hydrogen (secondary N) is 1. The minimum atomic E-state index is -3.82. The summed E-state index contributed by atoms with van der Waals surface area (Å²) in [6.07, 6.45) is -1.16. The van der Waals surface area contributed by atoms with Gasteiger partial charge < -0.3 is 24.8 Å². The van der Waals surface area contributed by atoms with Crippen LogP contribution in [0.4, 0.5) is 4.79 Å². The van der Waals surface area contributed by atoms with Crippen molar-refractivity contribution in [1.29, 1.82) is 0 Å². The first-order valence-corrected chi connectivity index (χ1v) is 13.2. The Bertz CT molecular complexity index is 1210. The Balaban J connectivity index is 1.50. The van der Waals surface area contributed by atoms with Crippen LogP contribution in [0.25, 0.3) is 0 Å². The Hall–Kier alpha value is -3.64. The van der Waals surface area contributed by atoms with Gasteiger partial charge in [0.05, 0.1) is 7.11 Å². The Labute approximate surface area is 216 Å². The van der Waals surface area contributed by atoms with Gasteiger partial charge in [0.15, 0.2) is 0 Å². The zero-order chi connectivity index (χ0) is 27.0. The molecule has 12 heteroatoms. The molecule has 0 bridgehead atoms. The number of hydrogen-bond donors (Lipinski definition) is 2. The van der Waals surface area contributed by atoms with Crippen molar-refractivity contribution in [3.8, 4) is 5.75 Å². The number of piperazine rings is 1. The van der Waals surface area contributed by atoms with Gasteiger partial charge in [0.2, 0.25) is 15.9 Å². The number of carboxylic acids is 1. The van der Waals surface area contributed by atoms with Gasteiger partial charge in [-0.05, 0) is 36.6 Å². The molecular weight excluding hydrogens is 502 g/mol. The van der Waals surface area contributed by atoms with Crippen molar-refractivity contribution in [2.75, 3.05) is 33.3 Å². The molecule has 0 spiro atoms. The highest BCUT2D eigenvalue weighted by Gasteiger charge is 2.32. The number of rotatable bonds is 10. The molecule has 200 valence electrons. The summed E-state index contributed by atoms with van der Waals surface area (Å²) in [5.41, 5.74) is 1.53. The van der Waals surface area contributed by atoms with Crippen LogP contribution in [0.1, 0.15) is 24.0 Å². The van der Waals surface area contributed by atoms with Crippen molar-refractivity contribution in [1.82, 2.24) is 14.5 Å². The van der Waals surface area contributed by atoms with Gasteiger partial charge >= 0.3 is 12.1 Å². The first-order chi connectivity index (χ1) is 17.6. The molecule has 0 aromatic heterocycles. The number of aryl methyl sites for hydroxylation is 1. The van der Waals surface area contributed by atoms with Crippen molar-refractivity contribution in [3.05, 3.63) is 59.7 Å². The van der Waals surface area contributed by atoms with E-state index in [-0.39, 0.29) is 62.2 Å². The first kappa shape index (κ1) is 27.9. The number of carboxylic acid groups (broad SMARTS) is 1. The van der Waals surface area contributed by atoms with Gasteiger partial charge in [-0.15, -0.1) is 0 Å². The van der Waals surface area contributed by atoms with Gasteiger partial charge in [0.1, 0.15) is 23.3 Å². The van der Waals surface area contributed by atoms with Crippen LogP contribution < -0.4 is 10.1 Å². The first-order valence-electron chi connectivity index (χ1n) is 11.7. The molecule has 1 atom stereocenters. The van der Waals surface area contributed by atoms with E-state index in [1.54, 1.807) is 49.4 Å². The quantitative estimate of drug-likeness (QED) is 0.472. The predicted octanol–water partition coefficient (Wildman–Crippen LogP) is 2.00. The Morgan fingerprint density at radius 3 is 2.35 bits per heavy atom. The fraction of sp³-hybridized carbons (Fsp3) is 0.400. The maximum atomic E-state index is 13.2. The number of methoxy groups -OCH3 is 1. The molecule has 0 radical (unpaired) electrons. The second kappa shape index (κ2) is 12.5. The summed E-state index contributed by atoms with van der Waals surface area (Å²) in [4.78, 5) is 37.9. The third-order valence-electron chi connectivity index (χ3n) is 5.98. The standard InChI is InChI=1S/C25H31N3O8S/c1-18-8-10-21(35-2)22(16-18)37(33,34)28-14-12-27(13-15-28)23(29)11-9-20(24(30)31)26-25(32)36-17-19-6-4-3-5-7-19/h3-8,10,16,20H,9,11-15,17H2,1-2H3,(H,26,32)(H,30,31)/t20-/m0/s1. The lowest BCUT2D eigenvalue weighted by Gasteiger charge is -2.34. The topological polar surface area (TPSA) is 143 Å². The third kappa shape index (κ3) is 7.43. The van der Waals surface area contributed by atoms with Crippen LogP contribution in [0.2, 0.25) is 0 Å². The smallest absolute Gasteiger partial charge is 0.408 e. The number of hydrogen-bond acceptors (Lipinski definition) is 7. The van der Waals surface area contributed by atoms with Crippen LogP contribution in [0.15, 0.2) is 53.4 Å². The van der Waals surface area contributed by atoms with E-state index in [9.17, 15) is 27.9 Å². The molecule has 11 nitrogen and oxygen atoms in total. The van der Waals surface area contributed by atoms with Gasteiger partial charge in [-0.2, -0.15) is 4.31 Å². The third-order valence-corrected chi connectivity index (χ3v) is 7.90. The Morgan fingerprint density at radius 2 is 1.73 bits per heavy atom. The maximum Gasteiger partial charge on any atom is 0.408 e. The molecule has 3 rings (SSSR count). The molecule has 1 heterocycles. The molecule has 1 aliphatic rings.